The van der Waals surface area contributed by atoms with E-state index in [-0.39, 0.29) is 10.8 Å². The van der Waals surface area contributed by atoms with Gasteiger partial charge in [-0.15, -0.1) is 5.10 Å². The maximum absolute atomic E-state index is 10.7. The molecule has 1 heterocycles. The maximum Gasteiger partial charge on any atom is 0.269 e. The zero-order chi connectivity index (χ0) is 19.4. The molecule has 0 radical (unpaired) electrons. The number of benzene rings is 2. The predicted octanol–water partition coefficient (Wildman–Crippen LogP) is 4.35. The van der Waals surface area contributed by atoms with Crippen LogP contribution in [0.4, 0.5) is 17.3 Å². The Balaban J connectivity index is 1.59. The fraction of sp³-hybridized carbons (Fsp3) is 0.0625. The highest BCUT2D eigenvalue weighted by atomic mass is 35.5. The monoisotopic (exact) mass is 422 g/mol. The van der Waals surface area contributed by atoms with Crippen molar-refractivity contribution in [3.63, 3.8) is 0 Å². The molecule has 0 bridgehead atoms. The van der Waals surface area contributed by atoms with E-state index in [1.165, 1.54) is 12.1 Å². The minimum Gasteiger partial charge on any atom is -0.332 e. The number of thiocarbonyl (C=S) groups is 1. The highest BCUT2D eigenvalue weighted by Gasteiger charge is 2.08. The molecule has 2 N–H and O–H groups in total. The number of hydrogen-bond donors (Lipinski definition) is 2. The zero-order valence-electron chi connectivity index (χ0n) is 13.6. The Morgan fingerprint density at radius 1 is 1.19 bits per heavy atom. The van der Waals surface area contributed by atoms with E-state index in [0.717, 1.165) is 5.56 Å². The normalized spacial score (nSPS) is 10.4. The third-order valence-corrected chi connectivity index (χ3v) is 4.24. The first-order valence-corrected chi connectivity index (χ1v) is 8.73. The van der Waals surface area contributed by atoms with Crippen LogP contribution in [0, 0.1) is 10.1 Å². The first-order valence-electron chi connectivity index (χ1n) is 7.56. The molecule has 0 amide bonds. The number of halogens is 2. The van der Waals surface area contributed by atoms with Crippen LogP contribution < -0.4 is 10.6 Å². The first kappa shape index (κ1) is 19.0. The average Bonchev–Trinajstić information content (AvgIpc) is 3.04. The summed E-state index contributed by atoms with van der Waals surface area (Å²) in [6, 6.07) is 11.1. The van der Waals surface area contributed by atoms with Gasteiger partial charge in [-0.3, -0.25) is 15.4 Å². The molecule has 0 aliphatic carbocycles. The van der Waals surface area contributed by atoms with Crippen LogP contribution in [-0.2, 0) is 6.54 Å². The van der Waals surface area contributed by atoms with Crippen LogP contribution in [-0.4, -0.2) is 24.8 Å². The van der Waals surface area contributed by atoms with Gasteiger partial charge < -0.3 is 5.32 Å². The topological polar surface area (TPSA) is 97.9 Å². The van der Waals surface area contributed by atoms with Crippen LogP contribution in [0.15, 0.2) is 48.8 Å². The standard InChI is InChI=1S/C16H12Cl2N6O2S/c17-11-2-1-10(14(18)7-11)8-23-9-19-15(22-23)21-16(27)20-12-3-5-13(6-4-12)24(25)26/h1-7,9H,8H2,(H2,20,21,22,27). The maximum atomic E-state index is 10.7. The van der Waals surface area contributed by atoms with E-state index in [2.05, 4.69) is 20.7 Å². The molecule has 0 spiro atoms. The Morgan fingerprint density at radius 3 is 2.59 bits per heavy atom. The summed E-state index contributed by atoms with van der Waals surface area (Å²) in [5.41, 5.74) is 1.45. The van der Waals surface area contributed by atoms with Gasteiger partial charge >= 0.3 is 0 Å². The minimum absolute atomic E-state index is 0.000646. The molecule has 2 aromatic carbocycles. The number of rotatable bonds is 5. The van der Waals surface area contributed by atoms with E-state index in [1.54, 1.807) is 35.3 Å². The van der Waals surface area contributed by atoms with Crippen molar-refractivity contribution in [3.05, 3.63) is 74.5 Å². The summed E-state index contributed by atoms with van der Waals surface area (Å²) in [6.07, 6.45) is 1.54. The zero-order valence-corrected chi connectivity index (χ0v) is 15.9. The molecule has 138 valence electrons. The lowest BCUT2D eigenvalue weighted by atomic mass is 10.2. The molecule has 3 aromatic rings. The van der Waals surface area contributed by atoms with Crippen LogP contribution in [0.25, 0.3) is 0 Å². The summed E-state index contributed by atoms with van der Waals surface area (Å²) >= 11 is 17.2. The molecule has 0 aliphatic rings. The molecule has 0 saturated heterocycles. The van der Waals surface area contributed by atoms with E-state index < -0.39 is 4.92 Å². The number of nitrogens with zero attached hydrogens (tertiary/aromatic N) is 4. The smallest absolute Gasteiger partial charge is 0.269 e. The van der Waals surface area contributed by atoms with Crippen molar-refractivity contribution < 1.29 is 4.92 Å². The Bertz CT molecular complexity index is 993. The molecule has 27 heavy (non-hydrogen) atoms. The van der Waals surface area contributed by atoms with Crippen LogP contribution in [0.2, 0.25) is 10.0 Å². The SMILES string of the molecule is O=[N+]([O-])c1ccc(NC(=S)Nc2ncn(Cc3ccc(Cl)cc3Cl)n2)cc1. The van der Waals surface area contributed by atoms with E-state index in [0.29, 0.717) is 28.2 Å². The Kier molecular flexibility index (Phi) is 5.84. The van der Waals surface area contributed by atoms with Gasteiger partial charge in [-0.25, -0.2) is 9.67 Å². The van der Waals surface area contributed by atoms with Gasteiger partial charge in [0.15, 0.2) is 5.11 Å². The summed E-state index contributed by atoms with van der Waals surface area (Å²) in [6.45, 7) is 0.424. The molecule has 0 saturated carbocycles. The highest BCUT2D eigenvalue weighted by molar-refractivity contribution is 7.80. The van der Waals surface area contributed by atoms with Crippen molar-refractivity contribution in [1.82, 2.24) is 14.8 Å². The van der Waals surface area contributed by atoms with Gasteiger partial charge in [0.1, 0.15) is 6.33 Å². The second-order valence-corrected chi connectivity index (χ2v) is 6.64. The molecule has 0 aliphatic heterocycles. The van der Waals surface area contributed by atoms with Crippen molar-refractivity contribution in [2.75, 3.05) is 10.6 Å². The predicted molar refractivity (Wildman–Crippen MR) is 109 cm³/mol. The van der Waals surface area contributed by atoms with E-state index in [1.807, 2.05) is 6.07 Å². The molecule has 1 aromatic heterocycles. The summed E-state index contributed by atoms with van der Waals surface area (Å²) in [4.78, 5) is 14.3. The fourth-order valence-corrected chi connectivity index (χ4v) is 2.86. The van der Waals surface area contributed by atoms with Gasteiger partial charge in [0.05, 0.1) is 11.5 Å². The Morgan fingerprint density at radius 2 is 1.93 bits per heavy atom. The average molecular weight is 423 g/mol. The minimum atomic E-state index is -0.468. The molecule has 11 heteroatoms. The number of anilines is 2. The van der Waals surface area contributed by atoms with Gasteiger partial charge in [0.2, 0.25) is 5.95 Å². The van der Waals surface area contributed by atoms with Crippen molar-refractivity contribution >= 4 is 57.9 Å². The van der Waals surface area contributed by atoms with Crippen LogP contribution >= 0.6 is 35.4 Å². The van der Waals surface area contributed by atoms with Crippen LogP contribution in [0.5, 0.6) is 0 Å². The molecule has 0 unspecified atom stereocenters. The van der Waals surface area contributed by atoms with E-state index in [9.17, 15) is 10.1 Å². The molecule has 3 rings (SSSR count). The number of nitrogens with one attached hydrogen (secondary N) is 2. The van der Waals surface area contributed by atoms with Crippen molar-refractivity contribution in [1.29, 1.82) is 0 Å². The third-order valence-electron chi connectivity index (χ3n) is 3.45. The Labute approximate surface area is 169 Å². The molecular formula is C16H12Cl2N6O2S. The fourth-order valence-electron chi connectivity index (χ4n) is 2.18. The third kappa shape index (κ3) is 5.13. The number of aromatic nitrogens is 3. The van der Waals surface area contributed by atoms with Crippen molar-refractivity contribution in [2.24, 2.45) is 0 Å². The second-order valence-electron chi connectivity index (χ2n) is 5.38. The summed E-state index contributed by atoms with van der Waals surface area (Å²) < 4.78 is 1.60. The van der Waals surface area contributed by atoms with Gasteiger partial charge in [-0.2, -0.15) is 0 Å². The lowest BCUT2D eigenvalue weighted by Gasteiger charge is -2.07. The second kappa shape index (κ2) is 8.30. The lowest BCUT2D eigenvalue weighted by Crippen LogP contribution is -2.20. The summed E-state index contributed by atoms with van der Waals surface area (Å²) in [7, 11) is 0. The molecule has 8 nitrogen and oxygen atoms in total. The summed E-state index contributed by atoms with van der Waals surface area (Å²) in [5.74, 6) is 0.305. The quantitative estimate of drug-likeness (QED) is 0.358. The number of hydrogen-bond acceptors (Lipinski definition) is 5. The van der Waals surface area contributed by atoms with Crippen molar-refractivity contribution in [2.45, 2.75) is 6.54 Å². The van der Waals surface area contributed by atoms with Gasteiger partial charge in [0.25, 0.3) is 5.69 Å². The molecule has 0 fully saturated rings. The van der Waals surface area contributed by atoms with Gasteiger partial charge in [-0.1, -0.05) is 29.3 Å². The van der Waals surface area contributed by atoms with Gasteiger partial charge in [0, 0.05) is 27.9 Å². The highest BCUT2D eigenvalue weighted by Crippen LogP contribution is 2.21. The largest absolute Gasteiger partial charge is 0.332 e. The summed E-state index contributed by atoms with van der Waals surface area (Å²) in [5, 5.41) is 22.0. The lowest BCUT2D eigenvalue weighted by molar-refractivity contribution is -0.384. The van der Waals surface area contributed by atoms with Crippen molar-refractivity contribution in [3.8, 4) is 0 Å². The van der Waals surface area contributed by atoms with Crippen LogP contribution in [0.1, 0.15) is 5.56 Å². The van der Waals surface area contributed by atoms with Crippen LogP contribution in [0.3, 0.4) is 0 Å². The number of nitro benzene ring substituents is 1. The molecular weight excluding hydrogens is 411 g/mol. The van der Waals surface area contributed by atoms with E-state index >= 15 is 0 Å². The number of nitro groups is 1. The molecule has 0 atom stereocenters. The van der Waals surface area contributed by atoms with Gasteiger partial charge in [-0.05, 0) is 42.0 Å². The Hall–Kier alpha value is -2.75. The van der Waals surface area contributed by atoms with E-state index in [4.69, 9.17) is 35.4 Å². The number of non-ortho nitro benzene ring substituents is 1. The first-order chi connectivity index (χ1) is 12.9.